The smallest absolute Gasteiger partial charge is 0.222 e. The minimum atomic E-state index is 0.333. The average Bonchev–Trinajstić information content (AvgIpc) is 2.44. The lowest BCUT2D eigenvalue weighted by molar-refractivity contribution is 0.0962. The van der Waals surface area contributed by atoms with Crippen LogP contribution in [-0.4, -0.2) is 34.1 Å². The summed E-state index contributed by atoms with van der Waals surface area (Å²) in [5.41, 5.74) is 8.66. The summed E-state index contributed by atoms with van der Waals surface area (Å²) < 4.78 is 5.89. The number of ether oxygens (including phenoxy) is 1. The summed E-state index contributed by atoms with van der Waals surface area (Å²) in [6.07, 6.45) is 3.56. The van der Waals surface area contributed by atoms with Crippen molar-refractivity contribution in [2.75, 3.05) is 23.8 Å². The zero-order valence-corrected chi connectivity index (χ0v) is 12.2. The first-order chi connectivity index (χ1) is 10.2. The van der Waals surface area contributed by atoms with Crippen molar-refractivity contribution in [2.24, 2.45) is 0 Å². The third-order valence-electron chi connectivity index (χ3n) is 4.33. The first-order valence-corrected chi connectivity index (χ1v) is 7.50. The highest BCUT2D eigenvalue weighted by atomic mass is 16.5. The second-order valence-corrected chi connectivity index (χ2v) is 5.87. The van der Waals surface area contributed by atoms with Crippen LogP contribution in [0.3, 0.4) is 0 Å². The van der Waals surface area contributed by atoms with E-state index in [9.17, 15) is 0 Å². The Balaban J connectivity index is 2.00. The van der Waals surface area contributed by atoms with Crippen LogP contribution in [0.2, 0.25) is 0 Å². The Morgan fingerprint density at radius 3 is 3.10 bits per heavy atom. The van der Waals surface area contributed by atoms with Gasteiger partial charge in [0.2, 0.25) is 5.95 Å². The number of nitrogens with zero attached hydrogens (tertiary/aromatic N) is 4. The van der Waals surface area contributed by atoms with E-state index in [-0.39, 0.29) is 0 Å². The van der Waals surface area contributed by atoms with E-state index in [1.165, 1.54) is 12.8 Å². The highest BCUT2D eigenvalue weighted by Gasteiger charge is 2.29. The van der Waals surface area contributed by atoms with Crippen LogP contribution in [0.1, 0.15) is 30.7 Å². The number of pyridine rings is 1. The predicted octanol–water partition coefficient (Wildman–Crippen LogP) is 1.80. The molecule has 2 N–H and O–H groups in total. The van der Waals surface area contributed by atoms with Gasteiger partial charge in [0.15, 0.2) is 0 Å². The molecule has 6 nitrogen and oxygen atoms in total. The number of piperidine rings is 1. The van der Waals surface area contributed by atoms with Crippen molar-refractivity contribution in [1.29, 1.82) is 0 Å². The maximum absolute atomic E-state index is 5.94. The van der Waals surface area contributed by atoms with Crippen molar-refractivity contribution in [1.82, 2.24) is 15.0 Å². The molecule has 0 saturated carbocycles. The predicted molar refractivity (Wildman–Crippen MR) is 81.1 cm³/mol. The minimum Gasteiger partial charge on any atom is -0.373 e. The molecule has 0 amide bonds. The Kier molecular flexibility index (Phi) is 2.92. The van der Waals surface area contributed by atoms with Gasteiger partial charge in [0, 0.05) is 12.2 Å². The van der Waals surface area contributed by atoms with E-state index in [1.807, 2.05) is 13.0 Å². The maximum atomic E-state index is 5.94. The van der Waals surface area contributed by atoms with Gasteiger partial charge in [-0.25, -0.2) is 4.98 Å². The Bertz CT molecular complexity index is 697. The lowest BCUT2D eigenvalue weighted by Gasteiger charge is -2.38. The van der Waals surface area contributed by atoms with E-state index in [0.29, 0.717) is 18.6 Å². The lowest BCUT2D eigenvalue weighted by Crippen LogP contribution is -2.44. The van der Waals surface area contributed by atoms with Gasteiger partial charge in [0.25, 0.3) is 0 Å². The number of hydrogen-bond donors (Lipinski definition) is 1. The van der Waals surface area contributed by atoms with E-state index in [2.05, 4.69) is 19.9 Å². The topological polar surface area (TPSA) is 77.2 Å². The fraction of sp³-hybridized carbons (Fsp3) is 0.533. The Labute approximate surface area is 123 Å². The number of anilines is 2. The van der Waals surface area contributed by atoms with E-state index in [1.54, 1.807) is 0 Å². The highest BCUT2D eigenvalue weighted by Crippen LogP contribution is 2.34. The zero-order valence-electron chi connectivity index (χ0n) is 12.2. The van der Waals surface area contributed by atoms with Crippen molar-refractivity contribution in [3.8, 4) is 0 Å². The van der Waals surface area contributed by atoms with Gasteiger partial charge in [0.1, 0.15) is 5.82 Å². The van der Waals surface area contributed by atoms with Crippen LogP contribution < -0.4 is 10.6 Å². The number of nitrogens with two attached hydrogens (primary N) is 1. The summed E-state index contributed by atoms with van der Waals surface area (Å²) in [6.45, 7) is 4.20. The molecular formula is C15H19N5O. The van der Waals surface area contributed by atoms with Gasteiger partial charge in [-0.1, -0.05) is 0 Å². The number of aryl methyl sites for hydroxylation is 1. The summed E-state index contributed by atoms with van der Waals surface area (Å²) in [4.78, 5) is 15.9. The second-order valence-electron chi connectivity index (χ2n) is 5.87. The second kappa shape index (κ2) is 4.80. The SMILES string of the molecule is Cc1cc2nc(N)nc3c2c(n1)COCC1CCCCN31. The molecule has 4 heterocycles. The fourth-order valence-electron chi connectivity index (χ4n) is 3.42. The standard InChI is InChI=1S/C15H19N5O/c1-9-6-11-13-12(17-9)8-21-7-10-4-2-3-5-20(10)14(13)19-15(16)18-11/h6,10H,2-5,7-8H2,1H3,(H2,16,18,19). The molecular weight excluding hydrogens is 266 g/mol. The summed E-state index contributed by atoms with van der Waals surface area (Å²) in [7, 11) is 0. The van der Waals surface area contributed by atoms with Crippen molar-refractivity contribution >= 4 is 22.7 Å². The molecule has 1 unspecified atom stereocenters. The molecule has 2 aliphatic heterocycles. The van der Waals surface area contributed by atoms with Gasteiger partial charge in [-0.3, -0.25) is 4.98 Å². The third-order valence-corrected chi connectivity index (χ3v) is 4.33. The normalized spacial score (nSPS) is 21.8. The van der Waals surface area contributed by atoms with Gasteiger partial charge in [-0.05, 0) is 32.3 Å². The van der Waals surface area contributed by atoms with E-state index < -0.39 is 0 Å². The molecule has 1 saturated heterocycles. The molecule has 0 radical (unpaired) electrons. The van der Waals surface area contributed by atoms with Crippen LogP contribution in [0, 0.1) is 6.92 Å². The van der Waals surface area contributed by atoms with Gasteiger partial charge >= 0.3 is 0 Å². The van der Waals surface area contributed by atoms with Gasteiger partial charge < -0.3 is 15.4 Å². The quantitative estimate of drug-likeness (QED) is 0.795. The first-order valence-electron chi connectivity index (χ1n) is 7.50. The van der Waals surface area contributed by atoms with E-state index >= 15 is 0 Å². The molecule has 0 aliphatic carbocycles. The third kappa shape index (κ3) is 2.10. The molecule has 0 bridgehead atoms. The first kappa shape index (κ1) is 12.8. The molecule has 6 heteroatoms. The van der Waals surface area contributed by atoms with Crippen molar-refractivity contribution in [3.05, 3.63) is 17.5 Å². The largest absolute Gasteiger partial charge is 0.373 e. The van der Waals surface area contributed by atoms with Crippen LogP contribution in [0.4, 0.5) is 11.8 Å². The molecule has 21 heavy (non-hydrogen) atoms. The van der Waals surface area contributed by atoms with Gasteiger partial charge in [-0.2, -0.15) is 4.98 Å². The number of aromatic nitrogens is 3. The molecule has 0 aromatic carbocycles. The van der Waals surface area contributed by atoms with Crippen LogP contribution in [0.15, 0.2) is 6.07 Å². The van der Waals surface area contributed by atoms with Crippen molar-refractivity contribution in [3.63, 3.8) is 0 Å². The molecule has 110 valence electrons. The van der Waals surface area contributed by atoms with Crippen LogP contribution in [0.5, 0.6) is 0 Å². The fourth-order valence-corrected chi connectivity index (χ4v) is 3.42. The zero-order chi connectivity index (χ0) is 14.4. The minimum absolute atomic E-state index is 0.333. The van der Waals surface area contributed by atoms with Crippen LogP contribution >= 0.6 is 0 Å². The number of nitrogen functional groups attached to an aromatic ring is 1. The molecule has 2 aromatic rings. The lowest BCUT2D eigenvalue weighted by atomic mass is 10.0. The Hall–Kier alpha value is -1.95. The Morgan fingerprint density at radius 2 is 2.19 bits per heavy atom. The van der Waals surface area contributed by atoms with Crippen molar-refractivity contribution < 1.29 is 4.74 Å². The summed E-state index contributed by atoms with van der Waals surface area (Å²) >= 11 is 0. The summed E-state index contributed by atoms with van der Waals surface area (Å²) in [6, 6.07) is 2.35. The molecule has 2 aromatic heterocycles. The number of rotatable bonds is 0. The molecule has 2 aliphatic rings. The van der Waals surface area contributed by atoms with Crippen LogP contribution in [0.25, 0.3) is 10.9 Å². The average molecular weight is 285 g/mol. The summed E-state index contributed by atoms with van der Waals surface area (Å²) in [5.74, 6) is 1.27. The highest BCUT2D eigenvalue weighted by molar-refractivity contribution is 5.93. The summed E-state index contributed by atoms with van der Waals surface area (Å²) in [5, 5.41) is 1.00. The van der Waals surface area contributed by atoms with Gasteiger partial charge in [-0.15, -0.1) is 0 Å². The van der Waals surface area contributed by atoms with Gasteiger partial charge in [0.05, 0.1) is 35.9 Å². The molecule has 1 atom stereocenters. The maximum Gasteiger partial charge on any atom is 0.222 e. The number of fused-ring (bicyclic) bond motifs is 2. The Morgan fingerprint density at radius 1 is 1.29 bits per heavy atom. The molecule has 4 rings (SSSR count). The van der Waals surface area contributed by atoms with E-state index in [4.69, 9.17) is 10.5 Å². The number of hydrogen-bond acceptors (Lipinski definition) is 6. The van der Waals surface area contributed by atoms with E-state index in [0.717, 1.165) is 47.7 Å². The molecule has 0 spiro atoms. The molecule has 1 fully saturated rings. The van der Waals surface area contributed by atoms with Crippen LogP contribution in [-0.2, 0) is 11.3 Å². The monoisotopic (exact) mass is 285 g/mol. The van der Waals surface area contributed by atoms with Crippen molar-refractivity contribution in [2.45, 2.75) is 38.8 Å².